The summed E-state index contributed by atoms with van der Waals surface area (Å²) >= 11 is 3.37. The maximum absolute atomic E-state index is 12.2. The van der Waals surface area contributed by atoms with Crippen molar-refractivity contribution in [3.05, 3.63) is 93.7 Å². The highest BCUT2D eigenvalue weighted by atomic mass is 79.9. The van der Waals surface area contributed by atoms with Crippen LogP contribution in [0.3, 0.4) is 0 Å². The van der Waals surface area contributed by atoms with Crippen LogP contribution >= 0.6 is 15.9 Å². The number of benzene rings is 2. The van der Waals surface area contributed by atoms with Crippen LogP contribution in [0.1, 0.15) is 21.7 Å². The maximum atomic E-state index is 12.2. The Labute approximate surface area is 168 Å². The highest BCUT2D eigenvalue weighted by Gasteiger charge is 2.22. The summed E-state index contributed by atoms with van der Waals surface area (Å²) in [7, 11) is 0. The van der Waals surface area contributed by atoms with E-state index < -0.39 is 11.9 Å². The monoisotopic (exact) mass is 436 g/mol. The van der Waals surface area contributed by atoms with Crippen molar-refractivity contribution in [3.63, 3.8) is 0 Å². The lowest BCUT2D eigenvalue weighted by Gasteiger charge is -2.01. The van der Waals surface area contributed by atoms with Gasteiger partial charge in [-0.1, -0.05) is 40.2 Å². The van der Waals surface area contributed by atoms with Crippen LogP contribution in [0.15, 0.2) is 81.2 Å². The predicted molar refractivity (Wildman–Crippen MR) is 107 cm³/mol. The van der Waals surface area contributed by atoms with E-state index >= 15 is 0 Å². The molecule has 0 spiro atoms. The number of carbonyl (C=O) groups is 2. The first-order valence-corrected chi connectivity index (χ1v) is 9.14. The zero-order valence-electron chi connectivity index (χ0n) is 14.4. The molecule has 1 N–H and O–H groups in total. The Hall–Kier alpha value is -3.38. The third-order valence-corrected chi connectivity index (χ3v) is 4.72. The summed E-state index contributed by atoms with van der Waals surface area (Å²) in [6, 6.07) is 17.4. The number of furan rings is 1. The third-order valence-electron chi connectivity index (χ3n) is 4.19. The van der Waals surface area contributed by atoms with E-state index in [-0.39, 0.29) is 5.56 Å². The highest BCUT2D eigenvalue weighted by Crippen LogP contribution is 2.30. The molecule has 3 aromatic rings. The Morgan fingerprint density at radius 3 is 2.29 bits per heavy atom. The smallest absolute Gasteiger partial charge is 0.343 e. The lowest BCUT2D eigenvalue weighted by molar-refractivity contribution is -0.130. The van der Waals surface area contributed by atoms with Gasteiger partial charge in [0.05, 0.1) is 11.1 Å². The molecule has 138 valence electrons. The minimum Gasteiger partial charge on any atom is -0.478 e. The van der Waals surface area contributed by atoms with Crippen molar-refractivity contribution in [2.45, 2.75) is 0 Å². The summed E-state index contributed by atoms with van der Waals surface area (Å²) in [5.74, 6) is 0.135. The highest BCUT2D eigenvalue weighted by molar-refractivity contribution is 9.10. The van der Waals surface area contributed by atoms with Gasteiger partial charge in [0.25, 0.3) is 0 Å². The summed E-state index contributed by atoms with van der Waals surface area (Å²) < 4.78 is 12.1. The number of rotatable bonds is 4. The first-order chi connectivity index (χ1) is 13.5. The van der Waals surface area contributed by atoms with Gasteiger partial charge in [-0.05, 0) is 48.6 Å². The number of halogens is 1. The molecule has 28 heavy (non-hydrogen) atoms. The van der Waals surface area contributed by atoms with E-state index in [2.05, 4.69) is 15.9 Å². The summed E-state index contributed by atoms with van der Waals surface area (Å²) in [6.07, 6.45) is 3.29. The van der Waals surface area contributed by atoms with Crippen molar-refractivity contribution < 1.29 is 23.8 Å². The third kappa shape index (κ3) is 3.68. The molecular formula is C22H13BrO5. The van der Waals surface area contributed by atoms with Gasteiger partial charge in [0.1, 0.15) is 17.3 Å². The molecule has 2 heterocycles. The average molecular weight is 437 g/mol. The van der Waals surface area contributed by atoms with E-state index in [0.29, 0.717) is 22.9 Å². The summed E-state index contributed by atoms with van der Waals surface area (Å²) in [6.45, 7) is 0. The first-order valence-electron chi connectivity index (χ1n) is 8.35. The van der Waals surface area contributed by atoms with Crippen molar-refractivity contribution in [2.75, 3.05) is 0 Å². The van der Waals surface area contributed by atoms with Crippen LogP contribution in [0.2, 0.25) is 0 Å². The minimum atomic E-state index is -0.982. The van der Waals surface area contributed by atoms with Crippen molar-refractivity contribution in [1.82, 2.24) is 0 Å². The maximum Gasteiger partial charge on any atom is 0.343 e. The molecule has 0 bridgehead atoms. The minimum absolute atomic E-state index is 0.206. The number of ether oxygens (including phenoxy) is 1. The Morgan fingerprint density at radius 1 is 0.929 bits per heavy atom. The molecule has 0 aliphatic carbocycles. The van der Waals surface area contributed by atoms with Gasteiger partial charge >= 0.3 is 11.9 Å². The number of carbonyl (C=O) groups excluding carboxylic acids is 1. The van der Waals surface area contributed by atoms with Crippen LogP contribution in [0.5, 0.6) is 0 Å². The van der Waals surface area contributed by atoms with Gasteiger partial charge in [-0.3, -0.25) is 0 Å². The number of cyclic esters (lactones) is 1. The fraction of sp³-hybridized carbons (Fsp3) is 0. The number of aromatic carboxylic acids is 1. The van der Waals surface area contributed by atoms with E-state index in [4.69, 9.17) is 14.3 Å². The fourth-order valence-corrected chi connectivity index (χ4v) is 3.03. The molecule has 0 unspecified atom stereocenters. The molecule has 0 radical (unpaired) electrons. The molecule has 5 nitrogen and oxygen atoms in total. The SMILES string of the molecule is O=C1OC(c2ccc(Br)cc2)=C/C1=C\c1ccc(-c2ccc(C(=O)O)cc2)o1. The van der Waals surface area contributed by atoms with Gasteiger partial charge in [0, 0.05) is 15.6 Å². The topological polar surface area (TPSA) is 76.7 Å². The van der Waals surface area contributed by atoms with E-state index in [1.54, 1.807) is 36.4 Å². The molecule has 1 aliphatic rings. The molecule has 6 heteroatoms. The number of carboxylic acids is 1. The van der Waals surface area contributed by atoms with Crippen LogP contribution in [-0.4, -0.2) is 17.0 Å². The van der Waals surface area contributed by atoms with Crippen molar-refractivity contribution in [3.8, 4) is 11.3 Å². The normalized spacial score (nSPS) is 14.8. The van der Waals surface area contributed by atoms with Gasteiger partial charge < -0.3 is 14.3 Å². The van der Waals surface area contributed by atoms with E-state index in [9.17, 15) is 9.59 Å². The summed E-state index contributed by atoms with van der Waals surface area (Å²) in [5, 5.41) is 8.97. The number of carboxylic acid groups (broad SMARTS) is 1. The fourth-order valence-electron chi connectivity index (χ4n) is 2.76. The Morgan fingerprint density at radius 2 is 1.61 bits per heavy atom. The van der Waals surface area contributed by atoms with E-state index in [1.165, 1.54) is 12.1 Å². The van der Waals surface area contributed by atoms with Gasteiger partial charge in [-0.2, -0.15) is 0 Å². The van der Waals surface area contributed by atoms with Gasteiger partial charge in [0.15, 0.2) is 0 Å². The van der Waals surface area contributed by atoms with Crippen molar-refractivity contribution >= 4 is 39.7 Å². The first kappa shape index (κ1) is 18.0. The van der Waals surface area contributed by atoms with E-state index in [1.807, 2.05) is 24.3 Å². The predicted octanol–water partition coefficient (Wildman–Crippen LogP) is 5.39. The second kappa shape index (κ2) is 7.32. The van der Waals surface area contributed by atoms with Gasteiger partial charge in [-0.15, -0.1) is 0 Å². The Kier molecular flexibility index (Phi) is 4.71. The zero-order valence-corrected chi connectivity index (χ0v) is 16.0. The summed E-state index contributed by atoms with van der Waals surface area (Å²) in [4.78, 5) is 23.1. The molecule has 0 atom stereocenters. The van der Waals surface area contributed by atoms with Crippen LogP contribution < -0.4 is 0 Å². The second-order valence-corrected chi connectivity index (χ2v) is 7.00. The zero-order chi connectivity index (χ0) is 19.7. The lowest BCUT2D eigenvalue weighted by atomic mass is 10.1. The van der Waals surface area contributed by atoms with Crippen molar-refractivity contribution in [2.24, 2.45) is 0 Å². The van der Waals surface area contributed by atoms with E-state index in [0.717, 1.165) is 15.6 Å². The number of esters is 1. The molecule has 4 rings (SSSR count). The molecule has 0 amide bonds. The molecule has 1 aromatic heterocycles. The Balaban J connectivity index is 1.58. The lowest BCUT2D eigenvalue weighted by Crippen LogP contribution is -1.96. The molecule has 0 fully saturated rings. The van der Waals surface area contributed by atoms with Crippen LogP contribution in [0.25, 0.3) is 23.2 Å². The molecular weight excluding hydrogens is 424 g/mol. The summed E-state index contributed by atoms with van der Waals surface area (Å²) in [5.41, 5.74) is 2.14. The van der Waals surface area contributed by atoms with Crippen LogP contribution in [0.4, 0.5) is 0 Å². The number of hydrogen-bond acceptors (Lipinski definition) is 4. The molecule has 0 saturated heterocycles. The Bertz CT molecular complexity index is 1120. The quantitative estimate of drug-likeness (QED) is 0.438. The standard InChI is InChI=1S/C22H13BrO5/c23-17-7-5-14(6-8-17)20-12-16(22(26)28-20)11-18-9-10-19(27-18)13-1-3-15(4-2-13)21(24)25/h1-12H,(H,24,25)/b16-11+. The average Bonchev–Trinajstić information content (AvgIpc) is 3.30. The molecule has 1 aliphatic heterocycles. The van der Waals surface area contributed by atoms with Crippen molar-refractivity contribution in [1.29, 1.82) is 0 Å². The van der Waals surface area contributed by atoms with Crippen LogP contribution in [0, 0.1) is 0 Å². The second-order valence-electron chi connectivity index (χ2n) is 6.09. The van der Waals surface area contributed by atoms with Gasteiger partial charge in [0.2, 0.25) is 0 Å². The molecule has 0 saturated carbocycles. The molecule has 2 aromatic carbocycles. The number of hydrogen-bond donors (Lipinski definition) is 1. The van der Waals surface area contributed by atoms with Crippen LogP contribution in [-0.2, 0) is 9.53 Å². The van der Waals surface area contributed by atoms with Gasteiger partial charge in [-0.25, -0.2) is 9.59 Å². The largest absolute Gasteiger partial charge is 0.478 e.